The third-order valence-corrected chi connectivity index (χ3v) is 6.88. The van der Waals surface area contributed by atoms with Gasteiger partial charge in [-0.2, -0.15) is 5.26 Å². The first kappa shape index (κ1) is 31.7. The standard InChI is InChI=1S/C23H24ClN3O2S.CH4O.CH3.Cs/c24-19-13-21-20(12-17(19)14-25)26-30-23-11-16(15-28)7-8-22(23)29-10-4-2-6-18-5-1-3-9-27(18)21;1-2;;/h7-8,11-13,15,18,26H,1-6,9-10H2;2H,1H3;1H3;/q;;-1;+1. The van der Waals surface area contributed by atoms with Crippen LogP contribution < -0.4 is 83.3 Å². The van der Waals surface area contributed by atoms with Crippen LogP contribution in [0.1, 0.15) is 54.4 Å². The van der Waals surface area contributed by atoms with Gasteiger partial charge in [-0.3, -0.25) is 4.79 Å². The molecule has 1 fully saturated rings. The van der Waals surface area contributed by atoms with Crippen molar-refractivity contribution in [2.45, 2.75) is 49.5 Å². The normalized spacial score (nSPS) is 17.1. The summed E-state index contributed by atoms with van der Waals surface area (Å²) in [6, 6.07) is 11.8. The number of fused-ring (bicyclic) bond motifs is 4. The van der Waals surface area contributed by atoms with Crippen molar-refractivity contribution < 1.29 is 83.5 Å². The molecule has 0 bridgehead atoms. The van der Waals surface area contributed by atoms with E-state index in [0.717, 1.165) is 74.1 Å². The summed E-state index contributed by atoms with van der Waals surface area (Å²) in [5, 5.41) is 17.0. The molecule has 2 N–H and O–H groups in total. The number of aliphatic hydroxyl groups excluding tert-OH is 1. The van der Waals surface area contributed by atoms with Crippen molar-refractivity contribution in [3.05, 3.63) is 53.9 Å². The zero-order valence-electron chi connectivity index (χ0n) is 20.1. The largest absolute Gasteiger partial charge is 1.00 e. The molecule has 1 saturated heterocycles. The Balaban J connectivity index is 0.00000141. The van der Waals surface area contributed by atoms with E-state index in [1.807, 2.05) is 24.3 Å². The monoisotopic (exact) mass is 621 g/mol. The van der Waals surface area contributed by atoms with Crippen molar-refractivity contribution in [2.75, 3.05) is 29.9 Å². The van der Waals surface area contributed by atoms with Gasteiger partial charge in [-0.05, 0) is 80.8 Å². The summed E-state index contributed by atoms with van der Waals surface area (Å²) >= 11 is 7.81. The van der Waals surface area contributed by atoms with Crippen LogP contribution in [0.5, 0.6) is 5.75 Å². The van der Waals surface area contributed by atoms with E-state index < -0.39 is 0 Å². The van der Waals surface area contributed by atoms with Crippen molar-refractivity contribution in [3.8, 4) is 11.8 Å². The zero-order valence-corrected chi connectivity index (χ0v) is 28.0. The average molecular weight is 622 g/mol. The second-order valence-electron chi connectivity index (χ2n) is 7.68. The van der Waals surface area contributed by atoms with Gasteiger partial charge in [0, 0.05) is 25.3 Å². The fourth-order valence-electron chi connectivity index (χ4n) is 4.16. The summed E-state index contributed by atoms with van der Waals surface area (Å²) in [5.41, 5.74) is 2.93. The number of rotatable bonds is 1. The third-order valence-electron chi connectivity index (χ3n) is 5.71. The summed E-state index contributed by atoms with van der Waals surface area (Å²) in [4.78, 5) is 14.6. The quantitative estimate of drug-likeness (QED) is 0.288. The van der Waals surface area contributed by atoms with Crippen molar-refractivity contribution in [3.63, 3.8) is 0 Å². The van der Waals surface area contributed by atoms with E-state index >= 15 is 0 Å². The first-order chi connectivity index (χ1) is 15.7. The van der Waals surface area contributed by atoms with Gasteiger partial charge in [0.25, 0.3) is 0 Å². The fourth-order valence-corrected chi connectivity index (χ4v) is 5.16. The summed E-state index contributed by atoms with van der Waals surface area (Å²) in [6.45, 7) is 1.63. The Morgan fingerprint density at radius 2 is 1.94 bits per heavy atom. The summed E-state index contributed by atoms with van der Waals surface area (Å²) < 4.78 is 9.44. The molecular weight excluding hydrogens is 591 g/mol. The Morgan fingerprint density at radius 1 is 1.21 bits per heavy atom. The zero-order chi connectivity index (χ0) is 22.9. The Kier molecular flexibility index (Phi) is 15.3. The minimum absolute atomic E-state index is 0. The van der Waals surface area contributed by atoms with Gasteiger partial charge in [-0.1, -0.05) is 11.6 Å². The maximum Gasteiger partial charge on any atom is 1.00 e. The van der Waals surface area contributed by atoms with Crippen LogP contribution in [-0.4, -0.2) is 37.7 Å². The maximum atomic E-state index is 11.3. The summed E-state index contributed by atoms with van der Waals surface area (Å²) in [5.74, 6) is 0.756. The van der Waals surface area contributed by atoms with Gasteiger partial charge < -0.3 is 26.9 Å². The molecule has 2 aromatic carbocycles. The van der Waals surface area contributed by atoms with Crippen molar-refractivity contribution in [2.24, 2.45) is 0 Å². The van der Waals surface area contributed by atoms with Crippen LogP contribution >= 0.6 is 23.5 Å². The number of nitrogens with zero attached hydrogens (tertiary/aromatic N) is 2. The van der Waals surface area contributed by atoms with E-state index in [4.69, 9.17) is 21.4 Å². The number of aldehydes is 1. The minimum atomic E-state index is 0. The van der Waals surface area contributed by atoms with E-state index in [9.17, 15) is 10.1 Å². The molecule has 1 unspecified atom stereocenters. The third kappa shape index (κ3) is 8.08. The predicted octanol–water partition coefficient (Wildman–Crippen LogP) is 3.13. The Labute approximate surface area is 271 Å². The number of carbonyl (C=O) groups excluding carboxylic acids is 1. The van der Waals surface area contributed by atoms with E-state index in [0.29, 0.717) is 28.8 Å². The van der Waals surface area contributed by atoms with Crippen molar-refractivity contribution in [1.29, 1.82) is 5.26 Å². The van der Waals surface area contributed by atoms with E-state index in [1.54, 1.807) is 6.07 Å². The van der Waals surface area contributed by atoms with E-state index in [1.165, 1.54) is 18.4 Å². The van der Waals surface area contributed by atoms with Gasteiger partial charge in [-0.25, -0.2) is 0 Å². The number of piperidine rings is 1. The predicted molar refractivity (Wildman–Crippen MR) is 136 cm³/mol. The maximum absolute atomic E-state index is 11.3. The number of hydrogen-bond acceptors (Lipinski definition) is 7. The van der Waals surface area contributed by atoms with E-state index in [-0.39, 0.29) is 76.3 Å². The number of benzene rings is 2. The molecule has 2 aromatic rings. The number of nitriles is 1. The summed E-state index contributed by atoms with van der Waals surface area (Å²) in [7, 11) is 1.00. The molecule has 6 nitrogen and oxygen atoms in total. The van der Waals surface area contributed by atoms with Gasteiger partial charge in [0.2, 0.25) is 0 Å². The molecular formula is C25H31ClCsN3O3S. The van der Waals surface area contributed by atoms with Gasteiger partial charge in [0.1, 0.15) is 18.1 Å². The van der Waals surface area contributed by atoms with Gasteiger partial charge in [-0.15, -0.1) is 0 Å². The van der Waals surface area contributed by atoms with Gasteiger partial charge >= 0.3 is 68.9 Å². The van der Waals surface area contributed by atoms with E-state index in [2.05, 4.69) is 15.7 Å². The number of anilines is 2. The Bertz CT molecular complexity index is 987. The first-order valence-corrected chi connectivity index (χ1v) is 12.0. The van der Waals surface area contributed by atoms with Crippen LogP contribution in [0, 0.1) is 18.8 Å². The smallest absolute Gasteiger partial charge is 0.492 e. The number of halogens is 1. The molecule has 0 saturated carbocycles. The Morgan fingerprint density at radius 3 is 2.65 bits per heavy atom. The minimum Gasteiger partial charge on any atom is -0.492 e. The molecule has 0 radical (unpaired) electrons. The topological polar surface area (TPSA) is 85.6 Å². The van der Waals surface area contributed by atoms with Crippen molar-refractivity contribution in [1.82, 2.24) is 0 Å². The number of carbonyl (C=O) groups is 1. The van der Waals surface area contributed by atoms with Crippen LogP contribution in [0.25, 0.3) is 0 Å². The molecule has 178 valence electrons. The molecule has 9 heteroatoms. The number of aliphatic hydroxyl groups is 1. The average Bonchev–Trinajstić information content (AvgIpc) is 2.85. The summed E-state index contributed by atoms with van der Waals surface area (Å²) in [6.07, 6.45) is 7.55. The SMILES string of the molecule is CO.N#Cc1cc2c(cc1Cl)N1CCCCC1CCCCOc1ccc(C=O)cc1SN2.[CH3-].[Cs+]. The molecule has 0 spiro atoms. The number of nitrogens with one attached hydrogen (secondary N) is 1. The van der Waals surface area contributed by atoms with Crippen LogP contribution in [0.15, 0.2) is 35.2 Å². The molecule has 0 aromatic heterocycles. The first-order valence-electron chi connectivity index (χ1n) is 10.8. The Hall–Kier alpha value is -0.348. The van der Waals surface area contributed by atoms with Crippen LogP contribution in [0.3, 0.4) is 0 Å². The molecule has 2 aliphatic rings. The molecule has 34 heavy (non-hydrogen) atoms. The molecule has 1 atom stereocenters. The van der Waals surface area contributed by atoms with Crippen LogP contribution in [0.4, 0.5) is 11.4 Å². The molecule has 0 amide bonds. The fraction of sp³-hybridized carbons (Fsp3) is 0.400. The molecule has 2 aliphatic heterocycles. The molecule has 0 aliphatic carbocycles. The van der Waals surface area contributed by atoms with Gasteiger partial charge in [0.15, 0.2) is 0 Å². The van der Waals surface area contributed by atoms with Crippen molar-refractivity contribution >= 4 is 41.2 Å². The van der Waals surface area contributed by atoms with Crippen LogP contribution in [0.2, 0.25) is 5.02 Å². The number of ether oxygens (including phenoxy) is 1. The second kappa shape index (κ2) is 16.4. The number of hydrogen-bond donors (Lipinski definition) is 2. The van der Waals surface area contributed by atoms with Crippen LogP contribution in [-0.2, 0) is 0 Å². The van der Waals surface area contributed by atoms with Gasteiger partial charge in [0.05, 0.1) is 33.5 Å². The second-order valence-corrected chi connectivity index (χ2v) is 8.93. The molecule has 4 rings (SSSR count). The molecule has 2 heterocycles.